The summed E-state index contributed by atoms with van der Waals surface area (Å²) in [5.41, 5.74) is 0.789. The van der Waals surface area contributed by atoms with E-state index in [-0.39, 0.29) is 18.1 Å². The van der Waals surface area contributed by atoms with Crippen LogP contribution in [0.4, 0.5) is 0 Å². The summed E-state index contributed by atoms with van der Waals surface area (Å²) in [5.74, 6) is -0.398. The molecule has 5 heteroatoms. The van der Waals surface area contributed by atoms with Crippen LogP contribution in [0.15, 0.2) is 59.5 Å². The standard InChI is InChI=1S/C18H20O4S/c1-13-7-9-15(10-8-13)23(21,22)17-16(18(17,11-19)12-20)14-5-3-2-4-6-14/h2-10,16-17,19-20H,11-12H2,1H3/t16-,17+/m1/s1. The molecule has 0 bridgehead atoms. The average Bonchev–Trinajstić information content (AvgIpc) is 3.27. The van der Waals surface area contributed by atoms with Gasteiger partial charge in [0.1, 0.15) is 0 Å². The van der Waals surface area contributed by atoms with Crippen molar-refractivity contribution < 1.29 is 18.6 Å². The number of hydrogen-bond donors (Lipinski definition) is 2. The van der Waals surface area contributed by atoms with Crippen LogP contribution in [0, 0.1) is 12.3 Å². The Morgan fingerprint density at radius 2 is 1.52 bits per heavy atom. The van der Waals surface area contributed by atoms with Crippen molar-refractivity contribution in [3.05, 3.63) is 65.7 Å². The maximum atomic E-state index is 13.0. The molecule has 1 aliphatic rings. The van der Waals surface area contributed by atoms with Crippen LogP contribution in [-0.2, 0) is 9.84 Å². The number of rotatable bonds is 5. The van der Waals surface area contributed by atoms with E-state index in [0.29, 0.717) is 0 Å². The molecule has 23 heavy (non-hydrogen) atoms. The van der Waals surface area contributed by atoms with Gasteiger partial charge in [0.05, 0.1) is 23.4 Å². The van der Waals surface area contributed by atoms with E-state index in [1.54, 1.807) is 24.3 Å². The summed E-state index contributed by atoms with van der Waals surface area (Å²) in [6.07, 6.45) is 0. The summed E-state index contributed by atoms with van der Waals surface area (Å²) in [6.45, 7) is 1.17. The fraction of sp³-hybridized carbons (Fsp3) is 0.333. The Labute approximate surface area is 136 Å². The molecule has 1 fully saturated rings. The fourth-order valence-corrected chi connectivity index (χ4v) is 5.84. The number of sulfone groups is 1. The zero-order chi connectivity index (χ0) is 16.7. The normalized spacial score (nSPS) is 22.7. The van der Waals surface area contributed by atoms with Gasteiger partial charge in [-0.25, -0.2) is 8.42 Å². The number of aliphatic hydroxyl groups excluding tert-OH is 2. The first-order valence-electron chi connectivity index (χ1n) is 7.54. The van der Waals surface area contributed by atoms with Crippen molar-refractivity contribution >= 4 is 9.84 Å². The van der Waals surface area contributed by atoms with E-state index >= 15 is 0 Å². The third-order valence-corrected chi connectivity index (χ3v) is 7.15. The van der Waals surface area contributed by atoms with Crippen molar-refractivity contribution in [3.8, 4) is 0 Å². The number of benzene rings is 2. The van der Waals surface area contributed by atoms with E-state index in [2.05, 4.69) is 0 Å². The van der Waals surface area contributed by atoms with Gasteiger partial charge in [-0.1, -0.05) is 48.0 Å². The number of aliphatic hydroxyl groups is 2. The van der Waals surface area contributed by atoms with Gasteiger partial charge in [-0.3, -0.25) is 0 Å². The second-order valence-electron chi connectivity index (χ2n) is 6.22. The molecule has 2 N–H and O–H groups in total. The minimum atomic E-state index is -3.63. The first-order valence-corrected chi connectivity index (χ1v) is 9.09. The van der Waals surface area contributed by atoms with E-state index in [1.807, 2.05) is 37.3 Å². The molecule has 122 valence electrons. The molecule has 0 unspecified atom stereocenters. The second-order valence-corrected chi connectivity index (χ2v) is 8.29. The molecule has 2 aromatic rings. The second kappa shape index (κ2) is 5.74. The lowest BCUT2D eigenvalue weighted by molar-refractivity contribution is 0.130. The van der Waals surface area contributed by atoms with Crippen molar-refractivity contribution in [1.29, 1.82) is 0 Å². The highest BCUT2D eigenvalue weighted by Crippen LogP contribution is 2.63. The average molecular weight is 332 g/mol. The van der Waals surface area contributed by atoms with Crippen LogP contribution in [-0.4, -0.2) is 37.1 Å². The lowest BCUT2D eigenvalue weighted by atomic mass is 10.0. The third-order valence-electron chi connectivity index (χ3n) is 4.81. The quantitative estimate of drug-likeness (QED) is 0.877. The Morgan fingerprint density at radius 1 is 0.957 bits per heavy atom. The smallest absolute Gasteiger partial charge is 0.182 e. The molecule has 1 aliphatic carbocycles. The van der Waals surface area contributed by atoms with Crippen LogP contribution in [0.2, 0.25) is 0 Å². The van der Waals surface area contributed by atoms with Gasteiger partial charge in [-0.15, -0.1) is 0 Å². The zero-order valence-corrected chi connectivity index (χ0v) is 13.7. The largest absolute Gasteiger partial charge is 0.396 e. The highest BCUT2D eigenvalue weighted by atomic mass is 32.2. The number of aryl methyl sites for hydroxylation is 1. The van der Waals surface area contributed by atoms with E-state index < -0.39 is 26.4 Å². The Bertz CT molecular complexity index is 778. The van der Waals surface area contributed by atoms with Crippen molar-refractivity contribution in [2.75, 3.05) is 13.2 Å². The van der Waals surface area contributed by atoms with E-state index in [4.69, 9.17) is 0 Å². The maximum absolute atomic E-state index is 13.0. The number of hydrogen-bond acceptors (Lipinski definition) is 4. The van der Waals surface area contributed by atoms with Crippen molar-refractivity contribution in [2.45, 2.75) is 23.0 Å². The van der Waals surface area contributed by atoms with Crippen molar-refractivity contribution in [2.24, 2.45) is 5.41 Å². The van der Waals surface area contributed by atoms with E-state index in [9.17, 15) is 18.6 Å². The molecule has 2 atom stereocenters. The molecule has 0 aliphatic heterocycles. The van der Waals surface area contributed by atoms with Gasteiger partial charge in [0.2, 0.25) is 0 Å². The van der Waals surface area contributed by atoms with Crippen LogP contribution in [0.1, 0.15) is 17.0 Å². The monoisotopic (exact) mass is 332 g/mol. The van der Waals surface area contributed by atoms with Crippen molar-refractivity contribution in [3.63, 3.8) is 0 Å². The molecule has 1 saturated carbocycles. The van der Waals surface area contributed by atoms with Gasteiger partial charge in [0.25, 0.3) is 0 Å². The third kappa shape index (κ3) is 2.49. The first kappa shape index (κ1) is 16.2. The van der Waals surface area contributed by atoms with Crippen LogP contribution >= 0.6 is 0 Å². The summed E-state index contributed by atoms with van der Waals surface area (Å²) in [4.78, 5) is 0.234. The SMILES string of the molecule is Cc1ccc(S(=O)(=O)[C@H]2[C@@H](c3ccccc3)C2(CO)CO)cc1. The fourth-order valence-electron chi connectivity index (χ4n) is 3.41. The van der Waals surface area contributed by atoms with Crippen LogP contribution in [0.5, 0.6) is 0 Å². The zero-order valence-electron chi connectivity index (χ0n) is 12.9. The molecule has 4 nitrogen and oxygen atoms in total. The Hall–Kier alpha value is -1.69. The van der Waals surface area contributed by atoms with E-state index in [0.717, 1.165) is 11.1 Å². The predicted molar refractivity (Wildman–Crippen MR) is 87.9 cm³/mol. The lowest BCUT2D eigenvalue weighted by Crippen LogP contribution is -2.23. The van der Waals surface area contributed by atoms with Gasteiger partial charge >= 0.3 is 0 Å². The minimum Gasteiger partial charge on any atom is -0.396 e. The first-order chi connectivity index (χ1) is 11.0. The van der Waals surface area contributed by atoms with Crippen LogP contribution in [0.25, 0.3) is 0 Å². The van der Waals surface area contributed by atoms with E-state index in [1.165, 1.54) is 0 Å². The Balaban J connectivity index is 2.05. The molecule has 3 rings (SSSR count). The molecular weight excluding hydrogens is 312 g/mol. The van der Waals surface area contributed by atoms with Crippen LogP contribution < -0.4 is 0 Å². The Kier molecular flexibility index (Phi) is 4.04. The van der Waals surface area contributed by atoms with Gasteiger partial charge in [-0.2, -0.15) is 0 Å². The summed E-state index contributed by atoms with van der Waals surface area (Å²) in [7, 11) is -3.63. The molecule has 0 amide bonds. The maximum Gasteiger partial charge on any atom is 0.182 e. The molecule has 0 spiro atoms. The molecular formula is C18H20O4S. The summed E-state index contributed by atoms with van der Waals surface area (Å²) < 4.78 is 26.0. The summed E-state index contributed by atoms with van der Waals surface area (Å²) >= 11 is 0. The van der Waals surface area contributed by atoms with Crippen molar-refractivity contribution in [1.82, 2.24) is 0 Å². The van der Waals surface area contributed by atoms with Gasteiger partial charge < -0.3 is 10.2 Å². The highest BCUT2D eigenvalue weighted by molar-refractivity contribution is 7.92. The minimum absolute atomic E-state index is 0.234. The Morgan fingerprint density at radius 3 is 2.04 bits per heavy atom. The lowest BCUT2D eigenvalue weighted by Gasteiger charge is -2.11. The summed E-state index contributed by atoms with van der Waals surface area (Å²) in [5, 5.41) is 18.8. The van der Waals surface area contributed by atoms with Gasteiger partial charge in [0.15, 0.2) is 9.84 Å². The molecule has 2 aromatic carbocycles. The highest BCUT2D eigenvalue weighted by Gasteiger charge is 2.70. The molecule has 0 heterocycles. The molecule has 0 saturated heterocycles. The van der Waals surface area contributed by atoms with Gasteiger partial charge in [-0.05, 0) is 24.6 Å². The van der Waals surface area contributed by atoms with Crippen LogP contribution in [0.3, 0.4) is 0 Å². The topological polar surface area (TPSA) is 74.6 Å². The molecule has 0 radical (unpaired) electrons. The molecule has 0 aromatic heterocycles. The predicted octanol–water partition coefficient (Wildman–Crippen LogP) is 1.91. The summed E-state index contributed by atoms with van der Waals surface area (Å²) in [6, 6.07) is 15.9. The van der Waals surface area contributed by atoms with Gasteiger partial charge in [0, 0.05) is 11.3 Å².